The van der Waals surface area contributed by atoms with E-state index in [1.54, 1.807) is 4.90 Å². The number of aliphatic hydroxyl groups excluding tert-OH is 1. The second-order valence-corrected chi connectivity index (χ2v) is 9.64. The summed E-state index contributed by atoms with van der Waals surface area (Å²) in [7, 11) is 1.16. The summed E-state index contributed by atoms with van der Waals surface area (Å²) < 4.78 is 44.0. The smallest absolute Gasteiger partial charge is 0.421 e. The normalized spacial score (nSPS) is 21.6. The number of carbonyl (C=O) groups excluding carboxylic acids is 1. The molecule has 3 N–H and O–H groups in total. The van der Waals surface area contributed by atoms with Crippen LogP contribution in [0.2, 0.25) is 0 Å². The lowest BCUT2D eigenvalue weighted by Gasteiger charge is -2.30. The first-order valence-electron chi connectivity index (χ1n) is 12.6. The highest BCUT2D eigenvalue weighted by molar-refractivity contribution is 5.79. The summed E-state index contributed by atoms with van der Waals surface area (Å²) >= 11 is 0. The molecule has 0 aromatic carbocycles. The highest BCUT2D eigenvalue weighted by atomic mass is 19.4. The monoisotopic (exact) mass is 522 g/mol. The Labute approximate surface area is 213 Å². The fourth-order valence-corrected chi connectivity index (χ4v) is 5.08. The van der Waals surface area contributed by atoms with Crippen molar-refractivity contribution in [1.82, 2.24) is 19.9 Å². The van der Waals surface area contributed by atoms with Gasteiger partial charge in [-0.3, -0.25) is 4.79 Å². The van der Waals surface area contributed by atoms with Crippen LogP contribution in [0.4, 0.5) is 24.7 Å². The fraction of sp³-hybridized carbons (Fsp3) is 0.600. The Kier molecular flexibility index (Phi) is 8.35. The average Bonchev–Trinajstić information content (AvgIpc) is 3.43. The highest BCUT2D eigenvalue weighted by Crippen LogP contribution is 2.38. The van der Waals surface area contributed by atoms with Gasteiger partial charge in [0.05, 0.1) is 30.8 Å². The number of alkyl halides is 3. The SMILES string of the molecule is COc1ncc(N2CCc3ncnc(N)c3C2)cc1C(F)(F)F.O=C(C1CCC(O)CC1)N1CCCC1. The number of aromatic nitrogens is 3. The van der Waals surface area contributed by atoms with Gasteiger partial charge in [0.15, 0.2) is 0 Å². The van der Waals surface area contributed by atoms with E-state index < -0.39 is 17.6 Å². The molecule has 1 amide bonds. The third kappa shape index (κ3) is 6.41. The quantitative estimate of drug-likeness (QED) is 0.631. The van der Waals surface area contributed by atoms with Gasteiger partial charge in [-0.15, -0.1) is 0 Å². The number of nitrogens with zero attached hydrogens (tertiary/aromatic N) is 5. The number of rotatable bonds is 3. The van der Waals surface area contributed by atoms with Crippen molar-refractivity contribution in [1.29, 1.82) is 0 Å². The molecule has 1 saturated heterocycles. The molecule has 0 unspecified atom stereocenters. The molecule has 3 aliphatic rings. The summed E-state index contributed by atoms with van der Waals surface area (Å²) in [6.45, 7) is 2.78. The number of ether oxygens (including phenoxy) is 1. The number of methoxy groups -OCH3 is 1. The van der Waals surface area contributed by atoms with Gasteiger partial charge in [0, 0.05) is 44.1 Å². The van der Waals surface area contributed by atoms with Crippen LogP contribution in [-0.4, -0.2) is 63.7 Å². The van der Waals surface area contributed by atoms with Gasteiger partial charge in [-0.1, -0.05) is 0 Å². The number of anilines is 2. The first-order chi connectivity index (χ1) is 17.7. The third-order valence-corrected chi connectivity index (χ3v) is 7.20. The van der Waals surface area contributed by atoms with Crippen LogP contribution in [0.15, 0.2) is 18.6 Å². The maximum absolute atomic E-state index is 13.1. The van der Waals surface area contributed by atoms with Crippen LogP contribution in [-0.2, 0) is 23.9 Å². The van der Waals surface area contributed by atoms with Crippen LogP contribution in [0.1, 0.15) is 55.3 Å². The lowest BCUT2D eigenvalue weighted by Crippen LogP contribution is -2.36. The molecule has 0 atom stereocenters. The Morgan fingerprint density at radius 3 is 2.46 bits per heavy atom. The van der Waals surface area contributed by atoms with Crippen molar-refractivity contribution in [3.05, 3.63) is 35.4 Å². The van der Waals surface area contributed by atoms with Gasteiger partial charge in [-0.25, -0.2) is 15.0 Å². The number of hydrogen-bond donors (Lipinski definition) is 2. The summed E-state index contributed by atoms with van der Waals surface area (Å²) in [5.41, 5.74) is 6.85. The summed E-state index contributed by atoms with van der Waals surface area (Å²) in [5, 5.41) is 9.35. The molecule has 12 heteroatoms. The number of aliphatic hydroxyl groups is 1. The maximum atomic E-state index is 13.1. The van der Waals surface area contributed by atoms with Crippen LogP contribution >= 0.6 is 0 Å². The summed E-state index contributed by atoms with van der Waals surface area (Å²) in [4.78, 5) is 27.6. The van der Waals surface area contributed by atoms with E-state index in [1.807, 2.05) is 4.90 Å². The topological polar surface area (TPSA) is 118 Å². The van der Waals surface area contributed by atoms with Crippen LogP contribution < -0.4 is 15.4 Å². The minimum Gasteiger partial charge on any atom is -0.481 e. The largest absolute Gasteiger partial charge is 0.481 e. The molecule has 202 valence electrons. The molecule has 1 saturated carbocycles. The number of nitrogen functional groups attached to an aromatic ring is 1. The number of hydrogen-bond acceptors (Lipinski definition) is 8. The van der Waals surface area contributed by atoms with Crippen molar-refractivity contribution < 1.29 is 27.8 Å². The van der Waals surface area contributed by atoms with E-state index in [9.17, 15) is 23.1 Å². The lowest BCUT2D eigenvalue weighted by atomic mass is 9.86. The van der Waals surface area contributed by atoms with Gasteiger partial charge >= 0.3 is 6.18 Å². The number of nitrogens with two attached hydrogens (primary N) is 1. The standard InChI is InChI=1S/C14H14F3N5O.C11H19NO2/c1-23-13-10(14(15,16)17)4-8(5-19-13)22-3-2-11-9(6-22)12(18)21-7-20-11;13-10-5-3-9(4-6-10)11(14)12-7-1-2-8-12/h4-5,7H,2-3,6H2,1H3,(H2,18,20,21);9-10,13H,1-8H2. The van der Waals surface area contributed by atoms with Gasteiger partial charge in [-0.2, -0.15) is 13.2 Å². The number of likely N-dealkylation sites (tertiary alicyclic amines) is 1. The second kappa shape index (κ2) is 11.5. The van der Waals surface area contributed by atoms with E-state index in [0.29, 0.717) is 36.9 Å². The molecule has 4 heterocycles. The zero-order valence-corrected chi connectivity index (χ0v) is 20.9. The molecule has 0 spiro atoms. The fourth-order valence-electron chi connectivity index (χ4n) is 5.08. The maximum Gasteiger partial charge on any atom is 0.421 e. The van der Waals surface area contributed by atoms with Crippen LogP contribution in [0, 0.1) is 5.92 Å². The lowest BCUT2D eigenvalue weighted by molar-refractivity contribution is -0.139. The summed E-state index contributed by atoms with van der Waals surface area (Å²) in [5.74, 6) is 0.449. The van der Waals surface area contributed by atoms with Crippen LogP contribution in [0.3, 0.4) is 0 Å². The molecule has 2 aromatic heterocycles. The number of amides is 1. The summed E-state index contributed by atoms with van der Waals surface area (Å²) in [6, 6.07) is 1.04. The van der Waals surface area contributed by atoms with Gasteiger partial charge in [0.1, 0.15) is 17.7 Å². The third-order valence-electron chi connectivity index (χ3n) is 7.20. The molecule has 1 aliphatic carbocycles. The molecule has 0 bridgehead atoms. The van der Waals surface area contributed by atoms with E-state index >= 15 is 0 Å². The Hall–Kier alpha value is -3.15. The summed E-state index contributed by atoms with van der Waals surface area (Å²) in [6.07, 6.45) is 4.36. The first-order valence-corrected chi connectivity index (χ1v) is 12.6. The Morgan fingerprint density at radius 2 is 1.81 bits per heavy atom. The molecule has 5 rings (SSSR count). The Balaban J connectivity index is 0.000000195. The van der Waals surface area contributed by atoms with Crippen LogP contribution in [0.5, 0.6) is 5.88 Å². The number of carbonyl (C=O) groups is 1. The van der Waals surface area contributed by atoms with Crippen LogP contribution in [0.25, 0.3) is 0 Å². The van der Waals surface area contributed by atoms with Gasteiger partial charge in [0.2, 0.25) is 11.8 Å². The van der Waals surface area contributed by atoms with Crippen molar-refractivity contribution in [2.45, 2.75) is 63.8 Å². The van der Waals surface area contributed by atoms with Crippen molar-refractivity contribution in [3.63, 3.8) is 0 Å². The molecule has 2 aromatic rings. The number of halogens is 3. The van der Waals surface area contributed by atoms with Gasteiger partial charge in [0.25, 0.3) is 0 Å². The molecule has 2 aliphatic heterocycles. The average molecular weight is 523 g/mol. The molecule has 0 radical (unpaired) electrons. The first kappa shape index (κ1) is 26.9. The predicted octanol–water partition coefficient (Wildman–Crippen LogP) is 3.20. The van der Waals surface area contributed by atoms with E-state index in [1.165, 1.54) is 25.4 Å². The minimum absolute atomic E-state index is 0.155. The number of fused-ring (bicyclic) bond motifs is 1. The zero-order valence-electron chi connectivity index (χ0n) is 20.9. The van der Waals surface area contributed by atoms with Gasteiger partial charge < -0.3 is 25.4 Å². The van der Waals surface area contributed by atoms with Gasteiger partial charge in [-0.05, 0) is 44.6 Å². The highest BCUT2D eigenvalue weighted by Gasteiger charge is 2.36. The van der Waals surface area contributed by atoms with Crippen molar-refractivity contribution in [2.75, 3.05) is 37.4 Å². The molecule has 2 fully saturated rings. The van der Waals surface area contributed by atoms with Crippen molar-refractivity contribution >= 4 is 17.4 Å². The zero-order chi connectivity index (χ0) is 26.6. The minimum atomic E-state index is -4.54. The molecular weight excluding hydrogens is 489 g/mol. The van der Waals surface area contributed by atoms with E-state index in [-0.39, 0.29) is 12.0 Å². The molecular formula is C25H33F3N6O3. The second-order valence-electron chi connectivity index (χ2n) is 9.64. The predicted molar refractivity (Wildman–Crippen MR) is 131 cm³/mol. The van der Waals surface area contributed by atoms with Crippen molar-refractivity contribution in [3.8, 4) is 5.88 Å². The Morgan fingerprint density at radius 1 is 1.11 bits per heavy atom. The van der Waals surface area contributed by atoms with E-state index in [2.05, 4.69) is 15.0 Å². The number of pyridine rings is 1. The van der Waals surface area contributed by atoms with Crippen molar-refractivity contribution in [2.24, 2.45) is 5.92 Å². The van der Waals surface area contributed by atoms with E-state index in [0.717, 1.165) is 63.2 Å². The van der Waals surface area contributed by atoms with E-state index in [4.69, 9.17) is 10.5 Å². The Bertz CT molecular complexity index is 1090. The molecule has 37 heavy (non-hydrogen) atoms. The molecule has 9 nitrogen and oxygen atoms in total.